The van der Waals surface area contributed by atoms with Crippen LogP contribution in [0, 0.1) is 13.8 Å². The quantitative estimate of drug-likeness (QED) is 0.859. The molecule has 0 aliphatic carbocycles. The van der Waals surface area contributed by atoms with E-state index in [1.165, 1.54) is 5.56 Å². The number of carbonyl (C=O) groups excluding carboxylic acids is 1. The van der Waals surface area contributed by atoms with E-state index in [2.05, 4.69) is 25.2 Å². The minimum Gasteiger partial charge on any atom is -0.322 e. The van der Waals surface area contributed by atoms with Gasteiger partial charge in [-0.3, -0.25) is 4.79 Å². The van der Waals surface area contributed by atoms with Crippen LogP contribution < -0.4 is 5.32 Å². The van der Waals surface area contributed by atoms with Gasteiger partial charge in [0.1, 0.15) is 0 Å². The maximum atomic E-state index is 12.4. The predicted molar refractivity (Wildman–Crippen MR) is 84.4 cm³/mol. The monoisotopic (exact) mass is 267 g/mol. The van der Waals surface area contributed by atoms with Gasteiger partial charge < -0.3 is 5.32 Å². The zero-order valence-electron chi connectivity index (χ0n) is 12.5. The van der Waals surface area contributed by atoms with Gasteiger partial charge in [0.05, 0.1) is 0 Å². The number of benzene rings is 2. The van der Waals surface area contributed by atoms with Crippen molar-refractivity contribution in [3.8, 4) is 0 Å². The Morgan fingerprint density at radius 2 is 1.75 bits per heavy atom. The highest BCUT2D eigenvalue weighted by Crippen LogP contribution is 2.24. The van der Waals surface area contributed by atoms with Crippen molar-refractivity contribution in [2.24, 2.45) is 0 Å². The lowest BCUT2D eigenvalue weighted by Crippen LogP contribution is -2.15. The first kappa shape index (κ1) is 14.3. The van der Waals surface area contributed by atoms with E-state index in [0.717, 1.165) is 22.4 Å². The van der Waals surface area contributed by atoms with Gasteiger partial charge in [-0.2, -0.15) is 0 Å². The van der Waals surface area contributed by atoms with Gasteiger partial charge in [0.15, 0.2) is 0 Å². The van der Waals surface area contributed by atoms with Crippen LogP contribution in [0.5, 0.6) is 0 Å². The first-order valence-electron chi connectivity index (χ1n) is 6.96. The van der Waals surface area contributed by atoms with Crippen LogP contribution in [0.4, 0.5) is 5.69 Å². The summed E-state index contributed by atoms with van der Waals surface area (Å²) in [5.74, 6) is 0.334. The molecule has 104 valence electrons. The molecule has 0 bridgehead atoms. The molecule has 2 rings (SSSR count). The lowest BCUT2D eigenvalue weighted by Gasteiger charge is -2.14. The van der Waals surface area contributed by atoms with Gasteiger partial charge in [0.2, 0.25) is 0 Å². The van der Waals surface area contributed by atoms with Crippen molar-refractivity contribution in [3.05, 3.63) is 64.7 Å². The largest absolute Gasteiger partial charge is 0.322 e. The van der Waals surface area contributed by atoms with Crippen LogP contribution in [-0.4, -0.2) is 5.91 Å². The topological polar surface area (TPSA) is 29.1 Å². The number of hydrogen-bond acceptors (Lipinski definition) is 1. The number of rotatable bonds is 3. The molecule has 2 aromatic carbocycles. The Morgan fingerprint density at radius 1 is 1.05 bits per heavy atom. The highest BCUT2D eigenvalue weighted by atomic mass is 16.1. The Kier molecular flexibility index (Phi) is 4.23. The summed E-state index contributed by atoms with van der Waals surface area (Å²) in [5.41, 5.74) is 4.96. The molecule has 0 heterocycles. The molecule has 1 N–H and O–H groups in total. The SMILES string of the molecule is Cc1ccc(C(=O)Nc2ccccc2C(C)C)c(C)c1. The lowest BCUT2D eigenvalue weighted by molar-refractivity contribution is 0.102. The fraction of sp³-hybridized carbons (Fsp3) is 0.278. The molecule has 0 aliphatic rings. The zero-order chi connectivity index (χ0) is 14.7. The molecule has 0 spiro atoms. The molecular weight excluding hydrogens is 246 g/mol. The van der Waals surface area contributed by atoms with Crippen molar-refractivity contribution in [2.45, 2.75) is 33.6 Å². The lowest BCUT2D eigenvalue weighted by atomic mass is 10.0. The fourth-order valence-corrected chi connectivity index (χ4v) is 2.37. The average Bonchev–Trinajstić information content (AvgIpc) is 2.38. The highest BCUT2D eigenvalue weighted by molar-refractivity contribution is 6.05. The van der Waals surface area contributed by atoms with Gasteiger partial charge in [0.25, 0.3) is 5.91 Å². The van der Waals surface area contributed by atoms with E-state index in [-0.39, 0.29) is 5.91 Å². The van der Waals surface area contributed by atoms with Crippen molar-refractivity contribution in [1.82, 2.24) is 0 Å². The molecule has 0 radical (unpaired) electrons. The van der Waals surface area contributed by atoms with Crippen LogP contribution in [0.1, 0.15) is 46.8 Å². The number of amides is 1. The van der Waals surface area contributed by atoms with E-state index in [9.17, 15) is 4.79 Å². The van der Waals surface area contributed by atoms with E-state index in [1.807, 2.05) is 50.2 Å². The van der Waals surface area contributed by atoms with Crippen LogP contribution in [0.2, 0.25) is 0 Å². The van der Waals surface area contributed by atoms with Gasteiger partial charge >= 0.3 is 0 Å². The molecular formula is C18H21NO. The molecule has 0 atom stereocenters. The average molecular weight is 267 g/mol. The molecule has 1 amide bonds. The van der Waals surface area contributed by atoms with E-state index < -0.39 is 0 Å². The van der Waals surface area contributed by atoms with Gasteiger partial charge in [-0.1, -0.05) is 49.7 Å². The number of carbonyl (C=O) groups is 1. The molecule has 2 aromatic rings. The summed E-state index contributed by atoms with van der Waals surface area (Å²) in [7, 11) is 0. The summed E-state index contributed by atoms with van der Waals surface area (Å²) < 4.78 is 0. The fourth-order valence-electron chi connectivity index (χ4n) is 2.37. The van der Waals surface area contributed by atoms with Crippen molar-refractivity contribution in [2.75, 3.05) is 5.32 Å². The molecule has 0 fully saturated rings. The summed E-state index contributed by atoms with van der Waals surface area (Å²) in [4.78, 5) is 12.4. The van der Waals surface area contributed by atoms with Crippen LogP contribution in [-0.2, 0) is 0 Å². The van der Waals surface area contributed by atoms with E-state index in [4.69, 9.17) is 0 Å². The Hall–Kier alpha value is -2.09. The first-order chi connectivity index (χ1) is 9.49. The smallest absolute Gasteiger partial charge is 0.255 e. The molecule has 2 heteroatoms. The van der Waals surface area contributed by atoms with Crippen LogP contribution in [0.25, 0.3) is 0 Å². The van der Waals surface area contributed by atoms with Gasteiger partial charge in [-0.25, -0.2) is 0 Å². The number of hydrogen-bond donors (Lipinski definition) is 1. The molecule has 20 heavy (non-hydrogen) atoms. The second-order valence-corrected chi connectivity index (χ2v) is 5.51. The highest BCUT2D eigenvalue weighted by Gasteiger charge is 2.12. The Bertz CT molecular complexity index is 629. The zero-order valence-corrected chi connectivity index (χ0v) is 12.5. The van der Waals surface area contributed by atoms with Crippen molar-refractivity contribution < 1.29 is 4.79 Å². The molecule has 0 saturated heterocycles. The number of para-hydroxylation sites is 1. The standard InChI is InChI=1S/C18H21NO/c1-12(2)15-7-5-6-8-17(15)19-18(20)16-10-9-13(3)11-14(16)4/h5-12H,1-4H3,(H,19,20). The maximum Gasteiger partial charge on any atom is 0.255 e. The number of nitrogens with one attached hydrogen (secondary N) is 1. The van der Waals surface area contributed by atoms with E-state index >= 15 is 0 Å². The van der Waals surface area contributed by atoms with Crippen molar-refractivity contribution in [1.29, 1.82) is 0 Å². The molecule has 0 aromatic heterocycles. The van der Waals surface area contributed by atoms with Crippen LogP contribution in [0.15, 0.2) is 42.5 Å². The van der Waals surface area contributed by atoms with Gasteiger partial charge in [0, 0.05) is 11.3 Å². The molecule has 0 saturated carbocycles. The Morgan fingerprint density at radius 3 is 2.40 bits per heavy atom. The van der Waals surface area contributed by atoms with Crippen molar-refractivity contribution in [3.63, 3.8) is 0 Å². The minimum absolute atomic E-state index is 0.0457. The Labute approximate surface area is 120 Å². The third-order valence-corrected chi connectivity index (χ3v) is 3.46. The predicted octanol–water partition coefficient (Wildman–Crippen LogP) is 4.68. The third-order valence-electron chi connectivity index (χ3n) is 3.46. The second-order valence-electron chi connectivity index (χ2n) is 5.51. The summed E-state index contributed by atoms with van der Waals surface area (Å²) >= 11 is 0. The van der Waals surface area contributed by atoms with Crippen LogP contribution in [0.3, 0.4) is 0 Å². The van der Waals surface area contributed by atoms with E-state index in [1.54, 1.807) is 0 Å². The molecule has 0 aliphatic heterocycles. The first-order valence-corrected chi connectivity index (χ1v) is 6.96. The second kappa shape index (κ2) is 5.91. The van der Waals surface area contributed by atoms with Crippen LogP contribution >= 0.6 is 0 Å². The summed E-state index contributed by atoms with van der Waals surface area (Å²) in [6.45, 7) is 8.25. The van der Waals surface area contributed by atoms with Gasteiger partial charge in [-0.15, -0.1) is 0 Å². The van der Waals surface area contributed by atoms with E-state index in [0.29, 0.717) is 5.92 Å². The number of anilines is 1. The summed E-state index contributed by atoms with van der Waals surface area (Å²) in [6, 6.07) is 13.8. The minimum atomic E-state index is -0.0457. The van der Waals surface area contributed by atoms with Gasteiger partial charge in [-0.05, 0) is 43.0 Å². The Balaban J connectivity index is 2.28. The van der Waals surface area contributed by atoms with Crippen molar-refractivity contribution >= 4 is 11.6 Å². The number of aryl methyl sites for hydroxylation is 2. The molecule has 2 nitrogen and oxygen atoms in total. The third kappa shape index (κ3) is 3.08. The summed E-state index contributed by atoms with van der Waals surface area (Å²) in [5, 5.41) is 3.03. The molecule has 0 unspecified atom stereocenters. The summed E-state index contributed by atoms with van der Waals surface area (Å²) in [6.07, 6.45) is 0. The normalized spacial score (nSPS) is 10.7. The maximum absolute atomic E-state index is 12.4.